The van der Waals surface area contributed by atoms with Gasteiger partial charge in [-0.05, 0) is 37.5 Å². The molecule has 0 unspecified atom stereocenters. The van der Waals surface area contributed by atoms with Crippen LogP contribution in [0.2, 0.25) is 0 Å². The van der Waals surface area contributed by atoms with E-state index >= 15 is 0 Å². The molecule has 0 bridgehead atoms. The molecular formula is C18H20FN3O3S. The Balaban J connectivity index is 1.54. The number of hydrogen-bond donors (Lipinski definition) is 2. The Labute approximate surface area is 154 Å². The van der Waals surface area contributed by atoms with Crippen LogP contribution in [0, 0.1) is 11.7 Å². The van der Waals surface area contributed by atoms with Crippen molar-refractivity contribution in [2.75, 3.05) is 12.4 Å². The largest absolute Gasteiger partial charge is 0.494 e. The number of ether oxygens (including phenoxy) is 1. The summed E-state index contributed by atoms with van der Waals surface area (Å²) in [5.41, 5.74) is 1.24. The summed E-state index contributed by atoms with van der Waals surface area (Å²) in [6.07, 6.45) is 1.95. The SMILES string of the molecule is COc1ccc([C@@H](C)NC(=O)Cc2csc(NC(=O)C3CC3)n2)cc1F. The number of halogens is 1. The molecular weight excluding hydrogens is 357 g/mol. The van der Waals surface area contributed by atoms with Crippen molar-refractivity contribution in [3.63, 3.8) is 0 Å². The fraction of sp³-hybridized carbons (Fsp3) is 0.389. The van der Waals surface area contributed by atoms with Gasteiger partial charge in [-0.3, -0.25) is 9.59 Å². The molecule has 1 aromatic heterocycles. The van der Waals surface area contributed by atoms with Gasteiger partial charge in [-0.1, -0.05) is 6.07 Å². The minimum atomic E-state index is -0.471. The molecule has 8 heteroatoms. The minimum Gasteiger partial charge on any atom is -0.494 e. The molecule has 1 saturated carbocycles. The zero-order chi connectivity index (χ0) is 18.7. The van der Waals surface area contributed by atoms with E-state index in [1.807, 2.05) is 0 Å². The van der Waals surface area contributed by atoms with Gasteiger partial charge in [0.05, 0.1) is 25.3 Å². The topological polar surface area (TPSA) is 80.3 Å². The maximum Gasteiger partial charge on any atom is 0.229 e. The van der Waals surface area contributed by atoms with Crippen molar-refractivity contribution >= 4 is 28.3 Å². The summed E-state index contributed by atoms with van der Waals surface area (Å²) in [5.74, 6) is -0.432. The highest BCUT2D eigenvalue weighted by molar-refractivity contribution is 7.13. The van der Waals surface area contributed by atoms with Crippen LogP contribution in [0.1, 0.15) is 37.1 Å². The van der Waals surface area contributed by atoms with Crippen LogP contribution in [0.15, 0.2) is 23.6 Å². The second-order valence-corrected chi connectivity index (χ2v) is 7.13. The molecule has 1 atom stereocenters. The van der Waals surface area contributed by atoms with Crippen molar-refractivity contribution in [1.29, 1.82) is 0 Å². The van der Waals surface area contributed by atoms with Crippen LogP contribution < -0.4 is 15.4 Å². The smallest absolute Gasteiger partial charge is 0.229 e. The Morgan fingerprint density at radius 3 is 2.85 bits per heavy atom. The van der Waals surface area contributed by atoms with E-state index < -0.39 is 5.82 Å². The van der Waals surface area contributed by atoms with Gasteiger partial charge in [0.15, 0.2) is 16.7 Å². The molecule has 2 amide bonds. The fourth-order valence-corrected chi connectivity index (χ4v) is 3.20. The number of rotatable bonds is 7. The quantitative estimate of drug-likeness (QED) is 0.777. The lowest BCUT2D eigenvalue weighted by atomic mass is 10.1. The highest BCUT2D eigenvalue weighted by Gasteiger charge is 2.30. The van der Waals surface area contributed by atoms with E-state index in [2.05, 4.69) is 15.6 Å². The Bertz CT molecular complexity index is 820. The summed E-state index contributed by atoms with van der Waals surface area (Å²) < 4.78 is 18.7. The monoisotopic (exact) mass is 377 g/mol. The Hall–Kier alpha value is -2.48. The van der Waals surface area contributed by atoms with Gasteiger partial charge >= 0.3 is 0 Å². The molecule has 1 heterocycles. The van der Waals surface area contributed by atoms with Crippen molar-refractivity contribution in [2.24, 2.45) is 5.92 Å². The third kappa shape index (κ3) is 4.57. The maximum atomic E-state index is 13.8. The summed E-state index contributed by atoms with van der Waals surface area (Å²) in [6, 6.07) is 4.23. The van der Waals surface area contributed by atoms with Crippen molar-refractivity contribution < 1.29 is 18.7 Å². The number of anilines is 1. The molecule has 1 aliphatic rings. The van der Waals surface area contributed by atoms with Gasteiger partial charge in [0.1, 0.15) is 0 Å². The van der Waals surface area contributed by atoms with Gasteiger partial charge in [-0.25, -0.2) is 9.37 Å². The molecule has 0 spiro atoms. The number of aromatic nitrogens is 1. The third-order valence-corrected chi connectivity index (χ3v) is 4.93. The summed E-state index contributed by atoms with van der Waals surface area (Å²) in [6.45, 7) is 1.78. The van der Waals surface area contributed by atoms with Gasteiger partial charge in [0.25, 0.3) is 0 Å². The molecule has 1 fully saturated rings. The number of carbonyl (C=O) groups excluding carboxylic acids is 2. The maximum absolute atomic E-state index is 13.8. The average Bonchev–Trinajstić information content (AvgIpc) is 3.37. The molecule has 138 valence electrons. The first-order valence-electron chi connectivity index (χ1n) is 8.34. The highest BCUT2D eigenvalue weighted by Crippen LogP contribution is 2.30. The molecule has 3 rings (SSSR count). The second-order valence-electron chi connectivity index (χ2n) is 6.27. The number of carbonyl (C=O) groups is 2. The van der Waals surface area contributed by atoms with Gasteiger partial charge in [-0.15, -0.1) is 11.3 Å². The van der Waals surface area contributed by atoms with E-state index in [0.717, 1.165) is 12.8 Å². The van der Waals surface area contributed by atoms with E-state index in [4.69, 9.17) is 4.74 Å². The van der Waals surface area contributed by atoms with E-state index in [-0.39, 0.29) is 35.9 Å². The van der Waals surface area contributed by atoms with Gasteiger partial charge in [0, 0.05) is 11.3 Å². The standard InChI is InChI=1S/C18H20FN3O3S/c1-10(12-5-6-15(25-2)14(19)7-12)20-16(23)8-13-9-26-18(21-13)22-17(24)11-3-4-11/h5-7,9-11H,3-4,8H2,1-2H3,(H,20,23)(H,21,22,24)/t10-/m1/s1. The van der Waals surface area contributed by atoms with E-state index in [1.54, 1.807) is 18.4 Å². The van der Waals surface area contributed by atoms with Crippen molar-refractivity contribution in [1.82, 2.24) is 10.3 Å². The predicted molar refractivity (Wildman–Crippen MR) is 96.7 cm³/mol. The lowest BCUT2D eigenvalue weighted by molar-refractivity contribution is -0.121. The van der Waals surface area contributed by atoms with E-state index in [9.17, 15) is 14.0 Å². The molecule has 6 nitrogen and oxygen atoms in total. The fourth-order valence-electron chi connectivity index (χ4n) is 2.49. The molecule has 0 aliphatic heterocycles. The van der Waals surface area contributed by atoms with Crippen molar-refractivity contribution in [2.45, 2.75) is 32.2 Å². The number of benzene rings is 1. The van der Waals surface area contributed by atoms with E-state index in [0.29, 0.717) is 16.4 Å². The van der Waals surface area contributed by atoms with Crippen LogP contribution in [0.25, 0.3) is 0 Å². The van der Waals surface area contributed by atoms with Gasteiger partial charge in [0.2, 0.25) is 11.8 Å². The molecule has 1 aliphatic carbocycles. The molecule has 1 aromatic carbocycles. The number of hydrogen-bond acceptors (Lipinski definition) is 5. The van der Waals surface area contributed by atoms with Crippen LogP contribution >= 0.6 is 11.3 Å². The number of thiazole rings is 1. The van der Waals surface area contributed by atoms with Crippen LogP contribution in [-0.2, 0) is 16.0 Å². The zero-order valence-corrected chi connectivity index (χ0v) is 15.4. The van der Waals surface area contributed by atoms with Crippen molar-refractivity contribution in [3.8, 4) is 5.75 Å². The number of methoxy groups -OCH3 is 1. The molecule has 2 N–H and O–H groups in total. The normalized spacial score (nSPS) is 14.6. The predicted octanol–water partition coefficient (Wildman–Crippen LogP) is 3.06. The average molecular weight is 377 g/mol. The van der Waals surface area contributed by atoms with E-state index in [1.165, 1.54) is 30.6 Å². The third-order valence-electron chi connectivity index (χ3n) is 4.13. The minimum absolute atomic E-state index is 0.00879. The lowest BCUT2D eigenvalue weighted by Gasteiger charge is -2.15. The number of amides is 2. The Morgan fingerprint density at radius 2 is 2.19 bits per heavy atom. The van der Waals surface area contributed by atoms with Crippen LogP contribution in [-0.4, -0.2) is 23.9 Å². The molecule has 0 radical (unpaired) electrons. The Morgan fingerprint density at radius 1 is 1.42 bits per heavy atom. The first-order valence-corrected chi connectivity index (χ1v) is 9.22. The summed E-state index contributed by atoms with van der Waals surface area (Å²) in [4.78, 5) is 28.2. The van der Waals surface area contributed by atoms with Crippen LogP contribution in [0.4, 0.5) is 9.52 Å². The van der Waals surface area contributed by atoms with Gasteiger partial charge < -0.3 is 15.4 Å². The highest BCUT2D eigenvalue weighted by atomic mass is 32.1. The van der Waals surface area contributed by atoms with Crippen LogP contribution in [0.3, 0.4) is 0 Å². The second kappa shape index (κ2) is 7.82. The molecule has 0 saturated heterocycles. The molecule has 26 heavy (non-hydrogen) atoms. The number of nitrogens with zero attached hydrogens (tertiary/aromatic N) is 1. The Kier molecular flexibility index (Phi) is 5.51. The van der Waals surface area contributed by atoms with Gasteiger partial charge in [-0.2, -0.15) is 0 Å². The van der Waals surface area contributed by atoms with Crippen molar-refractivity contribution in [3.05, 3.63) is 40.7 Å². The summed E-state index contributed by atoms with van der Waals surface area (Å²) in [5, 5.41) is 7.84. The number of nitrogens with one attached hydrogen (secondary N) is 2. The first-order chi connectivity index (χ1) is 12.5. The first kappa shape index (κ1) is 18.3. The zero-order valence-electron chi connectivity index (χ0n) is 14.5. The summed E-state index contributed by atoms with van der Waals surface area (Å²) in [7, 11) is 1.40. The summed E-state index contributed by atoms with van der Waals surface area (Å²) >= 11 is 1.30. The van der Waals surface area contributed by atoms with Crippen LogP contribution in [0.5, 0.6) is 5.75 Å². The lowest BCUT2D eigenvalue weighted by Crippen LogP contribution is -2.28. The molecule has 2 aromatic rings.